The fourth-order valence-corrected chi connectivity index (χ4v) is 3.21. The number of hydrogen-bond acceptors (Lipinski definition) is 3. The monoisotopic (exact) mass is 224 g/mol. The van der Waals surface area contributed by atoms with Crippen molar-refractivity contribution in [1.29, 1.82) is 0 Å². The van der Waals surface area contributed by atoms with E-state index < -0.39 is 0 Å². The molecule has 1 unspecified atom stereocenters. The molecule has 84 valence electrons. The first-order chi connectivity index (χ1) is 7.29. The van der Waals surface area contributed by atoms with Gasteiger partial charge in [-0.1, -0.05) is 0 Å². The van der Waals surface area contributed by atoms with Crippen LogP contribution in [0.5, 0.6) is 0 Å². The molecule has 0 aliphatic carbocycles. The summed E-state index contributed by atoms with van der Waals surface area (Å²) in [4.78, 5) is 5.40. The maximum atomic E-state index is 5.87. The van der Waals surface area contributed by atoms with Crippen molar-refractivity contribution in [3.8, 4) is 0 Å². The van der Waals surface area contributed by atoms with Gasteiger partial charge < -0.3 is 10.6 Å². The largest absolute Gasteiger partial charge is 0.330 e. The van der Waals surface area contributed by atoms with E-state index in [0.29, 0.717) is 5.92 Å². The lowest BCUT2D eigenvalue weighted by Gasteiger charge is -2.21. The molecular formula is C12H20N2S. The molecule has 2 heterocycles. The van der Waals surface area contributed by atoms with Crippen LogP contribution in [0.25, 0.3) is 0 Å². The molecule has 1 aliphatic heterocycles. The number of hydrogen-bond donors (Lipinski definition) is 1. The quantitative estimate of drug-likeness (QED) is 0.849. The average Bonchev–Trinajstić information content (AvgIpc) is 2.85. The highest BCUT2D eigenvalue weighted by Crippen LogP contribution is 2.25. The lowest BCUT2D eigenvalue weighted by molar-refractivity contribution is 0.317. The molecule has 3 heteroatoms. The molecule has 2 nitrogen and oxygen atoms in total. The first-order valence-corrected chi connectivity index (χ1v) is 6.60. The van der Waals surface area contributed by atoms with Crippen LogP contribution < -0.4 is 5.73 Å². The summed E-state index contributed by atoms with van der Waals surface area (Å²) in [6.45, 7) is 6.62. The predicted molar refractivity (Wildman–Crippen MR) is 66.5 cm³/mol. The lowest BCUT2D eigenvalue weighted by Crippen LogP contribution is -2.29. The van der Waals surface area contributed by atoms with Crippen LogP contribution in [0.3, 0.4) is 0 Å². The molecule has 0 radical (unpaired) electrons. The molecule has 1 saturated heterocycles. The summed E-state index contributed by atoms with van der Waals surface area (Å²) in [5.41, 5.74) is 5.87. The van der Waals surface area contributed by atoms with Gasteiger partial charge in [-0.15, -0.1) is 11.3 Å². The van der Waals surface area contributed by atoms with Gasteiger partial charge in [0.1, 0.15) is 0 Å². The molecule has 0 bridgehead atoms. The van der Waals surface area contributed by atoms with Gasteiger partial charge in [0.15, 0.2) is 0 Å². The van der Waals surface area contributed by atoms with E-state index in [4.69, 9.17) is 5.73 Å². The Balaban J connectivity index is 1.97. The van der Waals surface area contributed by atoms with Gasteiger partial charge in [0.05, 0.1) is 0 Å². The summed E-state index contributed by atoms with van der Waals surface area (Å²) in [5, 5.41) is 0. The molecule has 2 N–H and O–H groups in total. The summed E-state index contributed by atoms with van der Waals surface area (Å²) in [6, 6.07) is 4.44. The fraction of sp³-hybridized carbons (Fsp3) is 0.667. The van der Waals surface area contributed by atoms with E-state index in [1.54, 1.807) is 0 Å². The van der Waals surface area contributed by atoms with Crippen LogP contribution in [0.2, 0.25) is 0 Å². The van der Waals surface area contributed by atoms with Crippen molar-refractivity contribution < 1.29 is 0 Å². The third kappa shape index (κ3) is 2.80. The van der Waals surface area contributed by atoms with Crippen LogP contribution in [0.1, 0.15) is 28.5 Å². The molecule has 2 rings (SSSR count). The van der Waals surface area contributed by atoms with E-state index in [9.17, 15) is 0 Å². The van der Waals surface area contributed by atoms with Crippen LogP contribution >= 0.6 is 11.3 Å². The number of likely N-dealkylation sites (tertiary alicyclic amines) is 1. The van der Waals surface area contributed by atoms with Crippen LogP contribution in [0, 0.1) is 6.92 Å². The van der Waals surface area contributed by atoms with Crippen LogP contribution in [-0.4, -0.2) is 31.1 Å². The third-order valence-corrected chi connectivity index (χ3v) is 4.29. The molecule has 0 spiro atoms. The predicted octanol–water partition coefficient (Wildman–Crippen LogP) is 2.19. The number of rotatable bonds is 4. The molecule has 1 atom stereocenters. The van der Waals surface area contributed by atoms with Crippen molar-refractivity contribution in [3.63, 3.8) is 0 Å². The highest BCUT2D eigenvalue weighted by atomic mass is 32.1. The summed E-state index contributed by atoms with van der Waals surface area (Å²) < 4.78 is 0. The normalized spacial score (nSPS) is 19.6. The molecule has 0 amide bonds. The SMILES string of the molecule is Cc1ccc(C(CN)CN2CCCC2)s1. The van der Waals surface area contributed by atoms with E-state index >= 15 is 0 Å². The minimum absolute atomic E-state index is 0.543. The Labute approximate surface area is 96.1 Å². The van der Waals surface area contributed by atoms with E-state index in [1.165, 1.54) is 35.7 Å². The maximum Gasteiger partial charge on any atom is 0.0183 e. The summed E-state index contributed by atoms with van der Waals surface area (Å²) in [6.07, 6.45) is 2.72. The number of nitrogens with zero attached hydrogens (tertiary/aromatic N) is 1. The smallest absolute Gasteiger partial charge is 0.0183 e. The molecule has 1 fully saturated rings. The second-order valence-corrected chi connectivity index (χ2v) is 5.71. The first kappa shape index (κ1) is 11.1. The highest BCUT2D eigenvalue weighted by molar-refractivity contribution is 7.12. The van der Waals surface area contributed by atoms with Gasteiger partial charge in [-0.25, -0.2) is 0 Å². The van der Waals surface area contributed by atoms with Gasteiger partial charge >= 0.3 is 0 Å². The Bertz CT molecular complexity index is 302. The lowest BCUT2D eigenvalue weighted by atomic mass is 10.1. The Hall–Kier alpha value is -0.380. The van der Waals surface area contributed by atoms with Crippen molar-refractivity contribution in [1.82, 2.24) is 4.90 Å². The Morgan fingerprint density at radius 3 is 2.67 bits per heavy atom. The van der Waals surface area contributed by atoms with Gasteiger partial charge in [-0.05, 0) is 45.0 Å². The van der Waals surface area contributed by atoms with Crippen LogP contribution in [0.4, 0.5) is 0 Å². The second-order valence-electron chi connectivity index (χ2n) is 4.39. The Morgan fingerprint density at radius 1 is 1.40 bits per heavy atom. The van der Waals surface area contributed by atoms with Gasteiger partial charge in [0, 0.05) is 28.8 Å². The van der Waals surface area contributed by atoms with Crippen molar-refractivity contribution in [2.75, 3.05) is 26.2 Å². The maximum absolute atomic E-state index is 5.87. The summed E-state index contributed by atoms with van der Waals surface area (Å²) in [7, 11) is 0. The molecule has 0 aromatic carbocycles. The first-order valence-electron chi connectivity index (χ1n) is 5.78. The highest BCUT2D eigenvalue weighted by Gasteiger charge is 2.18. The summed E-state index contributed by atoms with van der Waals surface area (Å²) in [5.74, 6) is 0.543. The molecule has 1 aromatic heterocycles. The van der Waals surface area contributed by atoms with E-state index in [0.717, 1.165) is 13.1 Å². The van der Waals surface area contributed by atoms with Crippen LogP contribution in [-0.2, 0) is 0 Å². The molecule has 0 saturated carbocycles. The van der Waals surface area contributed by atoms with Gasteiger partial charge in [0.25, 0.3) is 0 Å². The number of thiophene rings is 1. The van der Waals surface area contributed by atoms with Crippen molar-refractivity contribution >= 4 is 11.3 Å². The minimum Gasteiger partial charge on any atom is -0.330 e. The fourth-order valence-electron chi connectivity index (χ4n) is 2.23. The van der Waals surface area contributed by atoms with E-state index in [2.05, 4.69) is 24.0 Å². The zero-order chi connectivity index (χ0) is 10.7. The van der Waals surface area contributed by atoms with Gasteiger partial charge in [-0.2, -0.15) is 0 Å². The zero-order valence-corrected chi connectivity index (χ0v) is 10.2. The van der Waals surface area contributed by atoms with Gasteiger partial charge in [0.2, 0.25) is 0 Å². The zero-order valence-electron chi connectivity index (χ0n) is 9.41. The molecular weight excluding hydrogens is 204 g/mol. The Kier molecular flexibility index (Phi) is 3.78. The standard InChI is InChI=1S/C12H20N2S/c1-10-4-5-12(15-10)11(8-13)9-14-6-2-3-7-14/h4-5,11H,2-3,6-9,13H2,1H3. The van der Waals surface area contributed by atoms with Crippen molar-refractivity contribution in [2.24, 2.45) is 5.73 Å². The van der Waals surface area contributed by atoms with Crippen molar-refractivity contribution in [2.45, 2.75) is 25.7 Å². The minimum atomic E-state index is 0.543. The molecule has 1 aromatic rings. The van der Waals surface area contributed by atoms with Crippen LogP contribution in [0.15, 0.2) is 12.1 Å². The topological polar surface area (TPSA) is 29.3 Å². The van der Waals surface area contributed by atoms with E-state index in [1.807, 2.05) is 11.3 Å². The second kappa shape index (κ2) is 5.10. The summed E-state index contributed by atoms with van der Waals surface area (Å²) >= 11 is 1.90. The molecule has 15 heavy (non-hydrogen) atoms. The average molecular weight is 224 g/mol. The Morgan fingerprint density at radius 2 is 2.13 bits per heavy atom. The number of nitrogens with two attached hydrogens (primary N) is 1. The van der Waals surface area contributed by atoms with Gasteiger partial charge in [-0.3, -0.25) is 0 Å². The number of aryl methyl sites for hydroxylation is 1. The van der Waals surface area contributed by atoms with E-state index in [-0.39, 0.29) is 0 Å². The third-order valence-electron chi connectivity index (χ3n) is 3.13. The molecule has 1 aliphatic rings. The van der Waals surface area contributed by atoms with Crippen molar-refractivity contribution in [3.05, 3.63) is 21.9 Å².